The number of carbonyl (C=O) groups excluding carboxylic acids is 1. The Morgan fingerprint density at radius 2 is 1.52 bits per heavy atom. The van der Waals surface area contributed by atoms with Gasteiger partial charge in [0.15, 0.2) is 0 Å². The van der Waals surface area contributed by atoms with Gasteiger partial charge >= 0.3 is 0 Å². The number of aliphatic hydroxyl groups excluding tert-OH is 1. The minimum atomic E-state index is -1.15. The fraction of sp³-hybridized carbons (Fsp3) is 0.857. The third-order valence-electron chi connectivity index (χ3n) is 2.28. The molecule has 0 bridgehead atoms. The summed E-state index contributed by atoms with van der Waals surface area (Å²) in [6, 6.07) is 0. The second kappa shape index (κ2) is 26.7. The van der Waals surface area contributed by atoms with Gasteiger partial charge in [-0.15, -0.1) is 82.3 Å². The second-order valence-corrected chi connectivity index (χ2v) is 17.1. The molecule has 0 aliphatic heterocycles. The van der Waals surface area contributed by atoms with Crippen molar-refractivity contribution in [2.45, 2.75) is 0 Å². The van der Waals surface area contributed by atoms with Crippen molar-refractivity contribution in [1.82, 2.24) is 5.32 Å². The van der Waals surface area contributed by atoms with Crippen LogP contribution in [0.25, 0.3) is 0 Å². The van der Waals surface area contributed by atoms with E-state index in [4.69, 9.17) is 5.11 Å². The van der Waals surface area contributed by atoms with Crippen molar-refractivity contribution in [2.75, 3.05) is 66.0 Å². The Kier molecular flexibility index (Phi) is 28.9. The predicted molar refractivity (Wildman–Crippen MR) is 155 cm³/mol. The second-order valence-electron chi connectivity index (χ2n) is 4.52. The predicted octanol–water partition coefficient (Wildman–Crippen LogP) is 5.31. The van der Waals surface area contributed by atoms with Gasteiger partial charge in [0.05, 0.1) is 40.5 Å². The fourth-order valence-corrected chi connectivity index (χ4v) is 11.3. The Morgan fingerprint density at radius 1 is 0.931 bits per heavy atom. The summed E-state index contributed by atoms with van der Waals surface area (Å²) in [5, 5.41) is 18.6. The molecule has 0 aromatic heterocycles. The van der Waals surface area contributed by atoms with E-state index in [1.54, 1.807) is 35.3 Å². The van der Waals surface area contributed by atoms with Crippen LogP contribution in [0.5, 0.6) is 0 Å². The van der Waals surface area contributed by atoms with Crippen LogP contribution in [0.15, 0.2) is 4.99 Å². The molecule has 0 rings (SSSR count). The molecule has 1 atom stereocenters. The average Bonchev–Trinajstić information content (AvgIpc) is 2.71. The Morgan fingerprint density at radius 3 is 2.17 bits per heavy atom. The molecule has 0 saturated carbocycles. The molecule has 0 fully saturated rings. The van der Waals surface area contributed by atoms with Gasteiger partial charge in [0, 0.05) is 35.6 Å². The smallest absolute Gasteiger partial charge is 0.280 e. The van der Waals surface area contributed by atoms with Crippen molar-refractivity contribution in [1.29, 1.82) is 0 Å². The van der Waals surface area contributed by atoms with Crippen LogP contribution in [0, 0.1) is 0 Å². The minimum Gasteiger partial charge on any atom is -0.395 e. The molecule has 0 aromatic rings. The summed E-state index contributed by atoms with van der Waals surface area (Å²) >= 11 is 15.9. The first-order valence-corrected chi connectivity index (χ1v) is 20.0. The molecule has 0 aliphatic rings. The number of rotatable bonds is 21. The number of nitrogens with one attached hydrogen (secondary N) is 1. The summed E-state index contributed by atoms with van der Waals surface area (Å²) in [5.74, 6) is 1.51. The first-order valence-electron chi connectivity index (χ1n) is 8.12. The van der Waals surface area contributed by atoms with Crippen LogP contribution >= 0.6 is 106 Å². The lowest BCUT2D eigenvalue weighted by atomic mass is 10.9. The quantitative estimate of drug-likeness (QED) is 0.0785. The van der Waals surface area contributed by atoms with Gasteiger partial charge in [-0.2, -0.15) is 11.8 Å². The maximum absolute atomic E-state index is 11.7. The van der Waals surface area contributed by atoms with Crippen molar-refractivity contribution < 1.29 is 14.1 Å². The van der Waals surface area contributed by atoms with Crippen LogP contribution in [0.3, 0.4) is 0 Å². The van der Waals surface area contributed by atoms with E-state index in [9.17, 15) is 9.00 Å². The molecule has 0 aliphatic carbocycles. The van der Waals surface area contributed by atoms with Crippen molar-refractivity contribution >= 4 is 127 Å². The highest BCUT2D eigenvalue weighted by Crippen LogP contribution is 2.23. The molecule has 15 heteroatoms. The molecule has 0 heterocycles. The molecule has 0 spiro atoms. The van der Waals surface area contributed by atoms with Crippen molar-refractivity contribution in [3.63, 3.8) is 0 Å². The number of amides is 1. The van der Waals surface area contributed by atoms with E-state index in [-0.39, 0.29) is 17.6 Å². The number of aliphatic hydroxyl groups is 1. The number of hydrogen-bond acceptors (Lipinski definition) is 13. The Hall–Kier alpha value is 2.40. The zero-order valence-corrected chi connectivity index (χ0v) is 24.3. The van der Waals surface area contributed by atoms with Crippen molar-refractivity contribution in [3.05, 3.63) is 0 Å². The van der Waals surface area contributed by atoms with E-state index in [1.807, 2.05) is 58.8 Å². The molecule has 1 amide bonds. The van der Waals surface area contributed by atoms with Gasteiger partial charge < -0.3 is 10.4 Å². The summed E-state index contributed by atoms with van der Waals surface area (Å²) in [5.41, 5.74) is 1.41. The van der Waals surface area contributed by atoms with Crippen LogP contribution < -0.4 is 5.32 Å². The lowest BCUT2D eigenvalue weighted by molar-refractivity contribution is 0.262. The average molecular weight is 593 g/mol. The zero-order chi connectivity index (χ0) is 21.4. The van der Waals surface area contributed by atoms with Gasteiger partial charge in [0.2, 0.25) is 0 Å². The summed E-state index contributed by atoms with van der Waals surface area (Å²) < 4.78 is 11.2. The molecule has 1 unspecified atom stereocenters. The van der Waals surface area contributed by atoms with E-state index < -0.39 is 10.8 Å². The van der Waals surface area contributed by atoms with E-state index in [0.717, 1.165) is 35.6 Å². The topological polar surface area (TPSA) is 78.8 Å². The van der Waals surface area contributed by atoms with Crippen LogP contribution in [0.2, 0.25) is 0 Å². The summed E-state index contributed by atoms with van der Waals surface area (Å²) in [6.07, 6.45) is 2.12. The van der Waals surface area contributed by atoms with Gasteiger partial charge in [-0.3, -0.25) is 14.0 Å². The lowest BCUT2D eigenvalue weighted by Crippen LogP contribution is -2.17. The Bertz CT molecular complexity index is 434. The highest BCUT2D eigenvalue weighted by molar-refractivity contribution is 8.30. The number of aliphatic imine (C=N–C) groups is 1. The standard InChI is InChI=1S/C14H28N2O3S10/c1-20-7-23-10-26-12-27-13-28-14(18)16-5-22-9-25-11-24-8-21-4-15-6-29(19)3-2-17/h6,17H,2-5,7-13H2,1H3,(H,16,18). The molecule has 2 N–H and O–H groups in total. The van der Waals surface area contributed by atoms with Gasteiger partial charge in [-0.05, 0) is 6.26 Å². The lowest BCUT2D eigenvalue weighted by Gasteiger charge is -2.05. The molecule has 0 saturated heterocycles. The molecule has 0 radical (unpaired) electrons. The van der Waals surface area contributed by atoms with Crippen LogP contribution in [0.4, 0.5) is 4.79 Å². The van der Waals surface area contributed by atoms with E-state index in [0.29, 0.717) is 11.8 Å². The zero-order valence-electron chi connectivity index (χ0n) is 16.1. The number of nitrogens with zero attached hydrogens (tertiary/aromatic N) is 1. The molecule has 172 valence electrons. The van der Waals surface area contributed by atoms with Gasteiger partial charge in [-0.1, -0.05) is 11.8 Å². The summed E-state index contributed by atoms with van der Waals surface area (Å²) in [6.45, 7) is -0.0736. The molecule has 5 nitrogen and oxygen atoms in total. The van der Waals surface area contributed by atoms with E-state index in [1.165, 1.54) is 17.3 Å². The first-order chi connectivity index (χ1) is 14.2. The van der Waals surface area contributed by atoms with E-state index >= 15 is 0 Å². The van der Waals surface area contributed by atoms with E-state index in [2.05, 4.69) is 16.6 Å². The normalized spacial score (nSPS) is 12.5. The third kappa shape index (κ3) is 26.5. The third-order valence-corrected chi connectivity index (χ3v) is 13.7. The summed E-state index contributed by atoms with van der Waals surface area (Å²) in [4.78, 5) is 15.8. The molecular weight excluding hydrogens is 565 g/mol. The van der Waals surface area contributed by atoms with Crippen molar-refractivity contribution in [2.24, 2.45) is 4.99 Å². The fourth-order valence-electron chi connectivity index (χ4n) is 1.19. The van der Waals surface area contributed by atoms with Crippen molar-refractivity contribution in [3.8, 4) is 0 Å². The number of thioether (sulfide) groups is 9. The molecule has 0 aromatic carbocycles. The minimum absolute atomic E-state index is 0.0583. The van der Waals surface area contributed by atoms with Gasteiger partial charge in [0.1, 0.15) is 0 Å². The maximum Gasteiger partial charge on any atom is 0.280 e. The maximum atomic E-state index is 11.7. The Balaban J connectivity index is 3.24. The summed E-state index contributed by atoms with van der Waals surface area (Å²) in [7, 11) is -1.15. The molecule has 29 heavy (non-hydrogen) atoms. The molecular formula is C14H28N2O3S10. The SMILES string of the molecule is CSCSCSCSCSC(=O)NCSCSCSCSCN=CS(=O)CCO. The van der Waals surface area contributed by atoms with Crippen LogP contribution in [-0.4, -0.2) is 86.1 Å². The number of carbonyl (C=O) groups is 1. The largest absolute Gasteiger partial charge is 0.395 e. The van der Waals surface area contributed by atoms with Gasteiger partial charge in [0.25, 0.3) is 5.24 Å². The van der Waals surface area contributed by atoms with Gasteiger partial charge in [-0.25, -0.2) is 0 Å². The van der Waals surface area contributed by atoms with Crippen LogP contribution in [-0.2, 0) is 10.8 Å². The highest BCUT2D eigenvalue weighted by atomic mass is 32.3. The number of hydrogen-bond donors (Lipinski definition) is 2. The monoisotopic (exact) mass is 592 g/mol. The Labute approximate surface area is 215 Å². The van der Waals surface area contributed by atoms with Crippen LogP contribution in [0.1, 0.15) is 0 Å². The highest BCUT2D eigenvalue weighted by Gasteiger charge is 2.01. The first kappa shape index (κ1) is 31.4.